The predicted molar refractivity (Wildman–Crippen MR) is 46.0 cm³/mol. The lowest BCUT2D eigenvalue weighted by molar-refractivity contribution is -0.130. The fraction of sp³-hybridized carbons (Fsp3) is 0.375. The molecule has 0 aromatic carbocycles. The van der Waals surface area contributed by atoms with E-state index in [0.29, 0.717) is 4.88 Å². The number of hydrogen-bond donors (Lipinski definition) is 2. The average Bonchev–Trinajstić information content (AvgIpc) is 2.53. The summed E-state index contributed by atoms with van der Waals surface area (Å²) in [4.78, 5) is 11.3. The molecule has 0 aliphatic heterocycles. The van der Waals surface area contributed by atoms with E-state index >= 15 is 0 Å². The van der Waals surface area contributed by atoms with Gasteiger partial charge in [0.15, 0.2) is 5.78 Å². The van der Waals surface area contributed by atoms with Crippen molar-refractivity contribution >= 4 is 17.1 Å². The molecule has 0 saturated carbocycles. The van der Waals surface area contributed by atoms with Gasteiger partial charge in [0.05, 0.1) is 0 Å². The molecule has 0 saturated heterocycles. The predicted octanol–water partition coefficient (Wildman–Crippen LogP) is 0.731. The zero-order chi connectivity index (χ0) is 9.14. The zero-order valence-corrected chi connectivity index (χ0v) is 7.41. The normalized spacial score (nSPS) is 15.6. The van der Waals surface area contributed by atoms with Gasteiger partial charge in [-0.1, -0.05) is 6.07 Å². The molecular formula is C8H10O3S. The van der Waals surface area contributed by atoms with Crippen molar-refractivity contribution in [1.82, 2.24) is 0 Å². The quantitative estimate of drug-likeness (QED) is 0.731. The van der Waals surface area contributed by atoms with Crippen molar-refractivity contribution in [2.75, 3.05) is 0 Å². The van der Waals surface area contributed by atoms with Crippen LogP contribution in [0.2, 0.25) is 0 Å². The summed E-state index contributed by atoms with van der Waals surface area (Å²) in [6, 6.07) is 3.44. The molecule has 0 fully saturated rings. The van der Waals surface area contributed by atoms with Gasteiger partial charge in [0.1, 0.15) is 12.2 Å². The Kier molecular flexibility index (Phi) is 2.97. The number of rotatable bonds is 3. The van der Waals surface area contributed by atoms with Gasteiger partial charge in [-0.15, -0.1) is 11.3 Å². The van der Waals surface area contributed by atoms with E-state index in [-0.39, 0.29) is 0 Å². The molecule has 0 spiro atoms. The van der Waals surface area contributed by atoms with Gasteiger partial charge in [0.25, 0.3) is 0 Å². The summed E-state index contributed by atoms with van der Waals surface area (Å²) >= 11 is 1.31. The summed E-state index contributed by atoms with van der Waals surface area (Å²) in [5, 5.41) is 20.3. The summed E-state index contributed by atoms with van der Waals surface area (Å²) in [5.41, 5.74) is 0. The first-order chi connectivity index (χ1) is 5.63. The molecule has 1 heterocycles. The number of thiophene rings is 1. The lowest BCUT2D eigenvalue weighted by atomic mass is 10.1. The van der Waals surface area contributed by atoms with Crippen molar-refractivity contribution in [2.24, 2.45) is 0 Å². The van der Waals surface area contributed by atoms with Crippen LogP contribution in [0, 0.1) is 0 Å². The van der Waals surface area contributed by atoms with Crippen LogP contribution >= 0.6 is 11.3 Å². The minimum Gasteiger partial charge on any atom is -0.384 e. The van der Waals surface area contributed by atoms with Crippen LogP contribution in [0.5, 0.6) is 0 Å². The molecule has 0 radical (unpaired) electrons. The molecule has 3 nitrogen and oxygen atoms in total. The SMILES string of the molecule is CC(=O)C(O)C(O)c1cccs1. The lowest BCUT2D eigenvalue weighted by Gasteiger charge is -2.12. The first-order valence-electron chi connectivity index (χ1n) is 3.53. The van der Waals surface area contributed by atoms with Gasteiger partial charge in [-0.05, 0) is 18.4 Å². The minimum absolute atomic E-state index is 0.420. The van der Waals surface area contributed by atoms with E-state index in [1.807, 2.05) is 0 Å². The zero-order valence-electron chi connectivity index (χ0n) is 6.60. The molecule has 2 atom stereocenters. The highest BCUT2D eigenvalue weighted by molar-refractivity contribution is 7.10. The van der Waals surface area contributed by atoms with E-state index in [4.69, 9.17) is 0 Å². The molecule has 0 bridgehead atoms. The van der Waals surface area contributed by atoms with Crippen molar-refractivity contribution in [3.05, 3.63) is 22.4 Å². The van der Waals surface area contributed by atoms with Crippen LogP contribution in [0.3, 0.4) is 0 Å². The number of ketones is 1. The maximum absolute atomic E-state index is 10.7. The van der Waals surface area contributed by atoms with E-state index in [2.05, 4.69) is 0 Å². The third-order valence-electron chi connectivity index (χ3n) is 1.55. The molecule has 4 heteroatoms. The van der Waals surface area contributed by atoms with Crippen molar-refractivity contribution < 1.29 is 15.0 Å². The smallest absolute Gasteiger partial charge is 0.161 e. The fourth-order valence-corrected chi connectivity index (χ4v) is 1.58. The van der Waals surface area contributed by atoms with Crippen LogP contribution < -0.4 is 0 Å². The number of aliphatic hydroxyl groups is 2. The van der Waals surface area contributed by atoms with Gasteiger partial charge in [0, 0.05) is 4.88 Å². The van der Waals surface area contributed by atoms with E-state index in [0.717, 1.165) is 0 Å². The third kappa shape index (κ3) is 1.91. The molecule has 12 heavy (non-hydrogen) atoms. The topological polar surface area (TPSA) is 57.5 Å². The Morgan fingerprint density at radius 1 is 1.58 bits per heavy atom. The highest BCUT2D eigenvalue weighted by Crippen LogP contribution is 2.21. The molecule has 1 rings (SSSR count). The molecule has 2 unspecified atom stereocenters. The number of carbonyl (C=O) groups excluding carboxylic acids is 1. The molecule has 1 aromatic heterocycles. The summed E-state index contributed by atoms with van der Waals surface area (Å²) in [5.74, 6) is -0.420. The number of aliphatic hydroxyl groups excluding tert-OH is 2. The summed E-state index contributed by atoms with van der Waals surface area (Å²) < 4.78 is 0. The largest absolute Gasteiger partial charge is 0.384 e. The Hall–Kier alpha value is -0.710. The van der Waals surface area contributed by atoms with Crippen molar-refractivity contribution in [3.8, 4) is 0 Å². The standard InChI is InChI=1S/C8H10O3S/c1-5(9)7(10)8(11)6-3-2-4-12-6/h2-4,7-8,10-11H,1H3. The number of carbonyl (C=O) groups is 1. The van der Waals surface area contributed by atoms with Crippen molar-refractivity contribution in [1.29, 1.82) is 0 Å². The van der Waals surface area contributed by atoms with Crippen molar-refractivity contribution in [2.45, 2.75) is 19.1 Å². The van der Waals surface area contributed by atoms with E-state index in [9.17, 15) is 15.0 Å². The van der Waals surface area contributed by atoms with Gasteiger partial charge in [0.2, 0.25) is 0 Å². The second-order valence-corrected chi connectivity index (χ2v) is 3.50. The second kappa shape index (κ2) is 3.80. The van der Waals surface area contributed by atoms with Crippen molar-refractivity contribution in [3.63, 3.8) is 0 Å². The summed E-state index contributed by atoms with van der Waals surface area (Å²) in [6.45, 7) is 1.25. The van der Waals surface area contributed by atoms with Crippen LogP contribution in [-0.2, 0) is 4.79 Å². The van der Waals surface area contributed by atoms with Crippen LogP contribution in [-0.4, -0.2) is 22.1 Å². The molecular weight excluding hydrogens is 176 g/mol. The minimum atomic E-state index is -1.30. The molecule has 0 aliphatic rings. The maximum Gasteiger partial charge on any atom is 0.161 e. The fourth-order valence-electron chi connectivity index (χ4n) is 0.837. The maximum atomic E-state index is 10.7. The Morgan fingerprint density at radius 2 is 2.25 bits per heavy atom. The van der Waals surface area contributed by atoms with Crippen LogP contribution in [0.15, 0.2) is 17.5 Å². The monoisotopic (exact) mass is 186 g/mol. The van der Waals surface area contributed by atoms with E-state index in [1.165, 1.54) is 18.3 Å². The number of Topliss-reactive ketones (excluding diaryl/α,β-unsaturated/α-hetero) is 1. The highest BCUT2D eigenvalue weighted by atomic mass is 32.1. The molecule has 2 N–H and O–H groups in total. The summed E-state index contributed by atoms with van der Waals surface area (Å²) in [7, 11) is 0. The summed E-state index contributed by atoms with van der Waals surface area (Å²) in [6.07, 6.45) is -2.38. The van der Waals surface area contributed by atoms with E-state index < -0.39 is 18.0 Å². The molecule has 0 aliphatic carbocycles. The molecule has 0 amide bonds. The highest BCUT2D eigenvalue weighted by Gasteiger charge is 2.22. The average molecular weight is 186 g/mol. The molecule has 1 aromatic rings. The lowest BCUT2D eigenvalue weighted by Crippen LogP contribution is -2.24. The van der Waals surface area contributed by atoms with Crippen LogP contribution in [0.4, 0.5) is 0 Å². The Bertz CT molecular complexity index is 255. The van der Waals surface area contributed by atoms with Gasteiger partial charge in [-0.25, -0.2) is 0 Å². The Balaban J connectivity index is 2.71. The third-order valence-corrected chi connectivity index (χ3v) is 2.49. The van der Waals surface area contributed by atoms with E-state index in [1.54, 1.807) is 17.5 Å². The first kappa shape index (κ1) is 9.38. The van der Waals surface area contributed by atoms with Crippen LogP contribution in [0.1, 0.15) is 17.9 Å². The molecule has 66 valence electrons. The Morgan fingerprint density at radius 3 is 2.67 bits per heavy atom. The Labute approximate surface area is 74.3 Å². The second-order valence-electron chi connectivity index (χ2n) is 2.52. The van der Waals surface area contributed by atoms with Crippen LogP contribution in [0.25, 0.3) is 0 Å². The van der Waals surface area contributed by atoms with Gasteiger partial charge < -0.3 is 10.2 Å². The number of hydrogen-bond acceptors (Lipinski definition) is 4. The van der Waals surface area contributed by atoms with Gasteiger partial charge in [-0.3, -0.25) is 4.79 Å². The first-order valence-corrected chi connectivity index (χ1v) is 4.41. The van der Waals surface area contributed by atoms with Gasteiger partial charge in [-0.2, -0.15) is 0 Å². The van der Waals surface area contributed by atoms with Gasteiger partial charge >= 0.3 is 0 Å².